The molecule has 0 atom stereocenters. The molecule has 0 saturated carbocycles. The van der Waals surface area contributed by atoms with E-state index in [1.54, 1.807) is 18.3 Å². The van der Waals surface area contributed by atoms with Crippen LogP contribution in [0, 0.1) is 11.6 Å². The minimum atomic E-state index is -0.944. The number of rotatable bonds is 9. The molecule has 0 spiro atoms. The van der Waals surface area contributed by atoms with Crippen LogP contribution in [-0.4, -0.2) is 22.4 Å². The second-order valence-electron chi connectivity index (χ2n) is 7.09. The van der Waals surface area contributed by atoms with Crippen LogP contribution in [0.1, 0.15) is 35.7 Å². The summed E-state index contributed by atoms with van der Waals surface area (Å²) >= 11 is 1.16. The minimum Gasteiger partial charge on any atom is -0.494 e. The number of unbranched alkanes of at least 4 members (excludes halogenated alkanes) is 1. The van der Waals surface area contributed by atoms with E-state index in [9.17, 15) is 9.18 Å². The number of anilines is 1. The Hall–Kier alpha value is -3.39. The quantitative estimate of drug-likeness (QED) is 0.175. The first kappa shape index (κ1) is 21.8. The average Bonchev–Trinajstić information content (AvgIpc) is 3.24. The number of carbonyl (C=O) groups is 1. The van der Waals surface area contributed by atoms with E-state index >= 15 is 4.39 Å². The molecule has 0 fully saturated rings. The zero-order valence-corrected chi connectivity index (χ0v) is 18.1. The molecule has 2 aromatic carbocycles. The maximum atomic E-state index is 15.1. The smallest absolute Gasteiger partial charge is 0.201 e. The number of ketones is 1. The monoisotopic (exact) mass is 453 g/mol. The zero-order chi connectivity index (χ0) is 22.5. The first-order valence-electron chi connectivity index (χ1n) is 10.2. The number of hydrogen-bond acceptors (Lipinski definition) is 5. The van der Waals surface area contributed by atoms with Crippen molar-refractivity contribution in [3.8, 4) is 5.75 Å². The van der Waals surface area contributed by atoms with Crippen LogP contribution in [0.5, 0.6) is 5.75 Å². The minimum absolute atomic E-state index is 0.0148. The standard InChI is InChI=1S/C24H21F2N3O2S/c1-2-3-13-31-15-6-8-16(9-7-15)32-29-20-11-10-19(25)21(22(20)26)23(30)18-14-28-24-17(18)5-4-12-27-24/h4-12,14,29H,2-3,13H2,1H3,(H,27,28). The van der Waals surface area contributed by atoms with Crippen LogP contribution in [-0.2, 0) is 0 Å². The molecule has 0 radical (unpaired) electrons. The Morgan fingerprint density at radius 1 is 1.16 bits per heavy atom. The summed E-state index contributed by atoms with van der Waals surface area (Å²) in [6.07, 6.45) is 5.03. The Labute approximate surface area is 188 Å². The largest absolute Gasteiger partial charge is 0.494 e. The number of halogens is 2. The van der Waals surface area contributed by atoms with Gasteiger partial charge in [0.25, 0.3) is 0 Å². The van der Waals surface area contributed by atoms with Crippen molar-refractivity contribution in [2.75, 3.05) is 11.3 Å². The number of aromatic amines is 1. The third-order valence-corrected chi connectivity index (χ3v) is 5.71. The van der Waals surface area contributed by atoms with Crippen LogP contribution < -0.4 is 9.46 Å². The lowest BCUT2D eigenvalue weighted by molar-refractivity contribution is 0.103. The summed E-state index contributed by atoms with van der Waals surface area (Å²) in [6, 6.07) is 13.0. The zero-order valence-electron chi connectivity index (χ0n) is 17.3. The van der Waals surface area contributed by atoms with Crippen molar-refractivity contribution in [1.29, 1.82) is 0 Å². The summed E-state index contributed by atoms with van der Waals surface area (Å²) in [4.78, 5) is 20.7. The molecule has 8 heteroatoms. The highest BCUT2D eigenvalue weighted by molar-refractivity contribution is 8.00. The normalized spacial score (nSPS) is 11.0. The Balaban J connectivity index is 1.51. The highest BCUT2D eigenvalue weighted by Gasteiger charge is 2.24. The number of H-pyrrole nitrogens is 1. The highest BCUT2D eigenvalue weighted by Crippen LogP contribution is 2.30. The van der Waals surface area contributed by atoms with E-state index in [2.05, 4.69) is 21.6 Å². The van der Waals surface area contributed by atoms with Crippen LogP contribution >= 0.6 is 11.9 Å². The Morgan fingerprint density at radius 3 is 2.75 bits per heavy atom. The third-order valence-electron chi connectivity index (χ3n) is 4.88. The Bertz CT molecular complexity index is 1240. The van der Waals surface area contributed by atoms with Gasteiger partial charge in [0.2, 0.25) is 5.78 Å². The van der Waals surface area contributed by atoms with E-state index in [1.807, 2.05) is 24.3 Å². The average molecular weight is 454 g/mol. The fourth-order valence-electron chi connectivity index (χ4n) is 3.17. The summed E-state index contributed by atoms with van der Waals surface area (Å²) in [7, 11) is 0. The SMILES string of the molecule is CCCCOc1ccc(SNc2ccc(F)c(C(=O)c3c[nH]c4ncccc34)c2F)cc1. The molecule has 0 aliphatic heterocycles. The van der Waals surface area contributed by atoms with Gasteiger partial charge in [-0.15, -0.1) is 0 Å². The Kier molecular flexibility index (Phi) is 6.70. The number of benzene rings is 2. The van der Waals surface area contributed by atoms with E-state index in [4.69, 9.17) is 4.74 Å². The highest BCUT2D eigenvalue weighted by atomic mass is 32.2. The Morgan fingerprint density at radius 2 is 1.97 bits per heavy atom. The van der Waals surface area contributed by atoms with Crippen LogP contribution in [0.3, 0.4) is 0 Å². The maximum Gasteiger partial charge on any atom is 0.201 e. The van der Waals surface area contributed by atoms with Gasteiger partial charge in [-0.3, -0.25) is 4.79 Å². The molecule has 0 aliphatic carbocycles. The van der Waals surface area contributed by atoms with E-state index in [-0.39, 0.29) is 11.3 Å². The lowest BCUT2D eigenvalue weighted by atomic mass is 10.0. The summed E-state index contributed by atoms with van der Waals surface area (Å²) in [5.41, 5.74) is 0.0407. The fraction of sp³-hybridized carbons (Fsp3) is 0.167. The number of nitrogens with zero attached hydrogens (tertiary/aromatic N) is 1. The van der Waals surface area contributed by atoms with Gasteiger partial charge in [-0.25, -0.2) is 13.8 Å². The summed E-state index contributed by atoms with van der Waals surface area (Å²) < 4.78 is 38.1. The molecule has 4 aromatic rings. The van der Waals surface area contributed by atoms with Crippen molar-refractivity contribution in [1.82, 2.24) is 9.97 Å². The third kappa shape index (κ3) is 4.60. The van der Waals surface area contributed by atoms with E-state index in [1.165, 1.54) is 12.3 Å². The first-order chi connectivity index (χ1) is 15.6. The lowest BCUT2D eigenvalue weighted by Crippen LogP contribution is -2.09. The number of hydrogen-bond donors (Lipinski definition) is 2. The second kappa shape index (κ2) is 9.82. The van der Waals surface area contributed by atoms with Crippen LogP contribution in [0.2, 0.25) is 0 Å². The van der Waals surface area contributed by atoms with Gasteiger partial charge in [-0.05, 0) is 66.9 Å². The summed E-state index contributed by atoms with van der Waals surface area (Å²) in [6.45, 7) is 2.76. The number of fused-ring (bicyclic) bond motifs is 1. The van der Waals surface area contributed by atoms with E-state index in [0.717, 1.165) is 41.5 Å². The van der Waals surface area contributed by atoms with Crippen LogP contribution in [0.25, 0.3) is 11.0 Å². The summed E-state index contributed by atoms with van der Waals surface area (Å²) in [5, 5.41) is 0.505. The molecule has 4 rings (SSSR count). The molecule has 0 bridgehead atoms. The van der Waals surface area contributed by atoms with Gasteiger partial charge in [-0.2, -0.15) is 0 Å². The molecule has 0 saturated heterocycles. The van der Waals surface area contributed by atoms with Crippen molar-refractivity contribution in [2.45, 2.75) is 24.7 Å². The van der Waals surface area contributed by atoms with Gasteiger partial charge >= 0.3 is 0 Å². The molecule has 2 aromatic heterocycles. The topological polar surface area (TPSA) is 67.0 Å². The van der Waals surface area contributed by atoms with Crippen LogP contribution in [0.15, 0.2) is 65.8 Å². The predicted octanol–water partition coefficient (Wildman–Crippen LogP) is 6.37. The van der Waals surface area contributed by atoms with Crippen molar-refractivity contribution in [2.24, 2.45) is 0 Å². The number of ether oxygens (including phenoxy) is 1. The molecule has 2 heterocycles. The molecular formula is C24H21F2N3O2S. The molecule has 0 unspecified atom stereocenters. The van der Waals surface area contributed by atoms with Gasteiger partial charge in [-0.1, -0.05) is 13.3 Å². The van der Waals surface area contributed by atoms with Gasteiger partial charge in [0.05, 0.1) is 17.9 Å². The fourth-order valence-corrected chi connectivity index (χ4v) is 3.83. The molecule has 164 valence electrons. The van der Waals surface area contributed by atoms with Crippen molar-refractivity contribution >= 4 is 34.5 Å². The number of carbonyl (C=O) groups excluding carboxylic acids is 1. The molecule has 0 amide bonds. The number of aromatic nitrogens is 2. The van der Waals surface area contributed by atoms with Gasteiger partial charge < -0.3 is 14.4 Å². The molecule has 5 nitrogen and oxygen atoms in total. The first-order valence-corrected chi connectivity index (χ1v) is 11.0. The molecule has 0 aliphatic rings. The van der Waals surface area contributed by atoms with E-state index < -0.39 is 23.0 Å². The predicted molar refractivity (Wildman–Crippen MR) is 122 cm³/mol. The number of pyridine rings is 1. The van der Waals surface area contributed by atoms with Gasteiger partial charge in [0.15, 0.2) is 5.82 Å². The lowest BCUT2D eigenvalue weighted by Gasteiger charge is -2.11. The van der Waals surface area contributed by atoms with Crippen molar-refractivity contribution in [3.63, 3.8) is 0 Å². The van der Waals surface area contributed by atoms with Gasteiger partial charge in [0.1, 0.15) is 17.2 Å². The van der Waals surface area contributed by atoms with Gasteiger partial charge in [0, 0.05) is 28.2 Å². The van der Waals surface area contributed by atoms with Crippen LogP contribution in [0.4, 0.5) is 14.5 Å². The van der Waals surface area contributed by atoms with E-state index in [0.29, 0.717) is 17.6 Å². The maximum absolute atomic E-state index is 15.1. The molecule has 2 N–H and O–H groups in total. The van der Waals surface area contributed by atoms with Crippen molar-refractivity contribution in [3.05, 3.63) is 83.7 Å². The summed E-state index contributed by atoms with van der Waals surface area (Å²) in [5.74, 6) is -1.85. The molecular weight excluding hydrogens is 432 g/mol. The molecule has 32 heavy (non-hydrogen) atoms. The second-order valence-corrected chi connectivity index (χ2v) is 7.97. The van der Waals surface area contributed by atoms with Crippen molar-refractivity contribution < 1.29 is 18.3 Å². The number of nitrogens with one attached hydrogen (secondary N) is 2.